The summed E-state index contributed by atoms with van der Waals surface area (Å²) >= 11 is 0. The lowest BCUT2D eigenvalue weighted by molar-refractivity contribution is -0.384. The standard InChI is InChI=1S/C28H31N3O6.C26H33NO6/c1-18-24(27(32)36-3)26(21-11-7-12-22(15-21)31(34)35)25(19(2)29-18)28(33)37-23-13-8-14-30(17-23)16-20-9-5-4-6-10-20;1-8-31-24(29)21-16(3)27-17(4)22(25(30)32-9-2)23(21)19-13-11-10-12-18(19)14-15-20(28)33-26(5,6)7/h4-7,9-12,15,23,26,29H,8,13-14,16-17H2,1-3H3;10-15,23,27H,8-9H2,1-7H3/b;15-14+/t23-,26-;/m1./s1. The van der Waals surface area contributed by atoms with Gasteiger partial charge in [-0.1, -0.05) is 66.7 Å². The van der Waals surface area contributed by atoms with Crippen LogP contribution in [0.15, 0.2) is 130 Å². The second kappa shape index (κ2) is 24.3. The van der Waals surface area contributed by atoms with Gasteiger partial charge in [0.15, 0.2) is 0 Å². The van der Waals surface area contributed by atoms with Crippen molar-refractivity contribution < 1.29 is 52.6 Å². The highest BCUT2D eigenvalue weighted by molar-refractivity contribution is 6.01. The number of nitrogens with one attached hydrogen (secondary N) is 2. The van der Waals surface area contributed by atoms with E-state index in [1.165, 1.54) is 30.9 Å². The maximum absolute atomic E-state index is 13.7. The molecule has 16 nitrogen and oxygen atoms in total. The quantitative estimate of drug-likeness (QED) is 0.0511. The van der Waals surface area contributed by atoms with E-state index in [9.17, 15) is 34.1 Å². The van der Waals surface area contributed by atoms with Crippen LogP contribution in [0.25, 0.3) is 6.08 Å². The molecule has 3 aromatic rings. The molecule has 0 radical (unpaired) electrons. The number of carbonyl (C=O) groups excluding carboxylic acids is 5. The van der Waals surface area contributed by atoms with E-state index >= 15 is 0 Å². The minimum absolute atomic E-state index is 0.132. The van der Waals surface area contributed by atoms with Gasteiger partial charge in [-0.25, -0.2) is 24.0 Å². The van der Waals surface area contributed by atoms with Gasteiger partial charge in [0.05, 0.1) is 59.4 Å². The molecule has 2 atom stereocenters. The predicted molar refractivity (Wildman–Crippen MR) is 263 cm³/mol. The number of non-ortho nitro benzene ring substituents is 1. The average Bonchev–Trinajstić information content (AvgIpc) is 3.30. The van der Waals surface area contributed by atoms with Gasteiger partial charge in [0.1, 0.15) is 11.7 Å². The van der Waals surface area contributed by atoms with Crippen LogP contribution < -0.4 is 10.6 Å². The van der Waals surface area contributed by atoms with E-state index in [1.54, 1.807) is 80.5 Å². The first-order chi connectivity index (χ1) is 33.3. The van der Waals surface area contributed by atoms with Crippen LogP contribution in [0.5, 0.6) is 0 Å². The minimum Gasteiger partial charge on any atom is -0.466 e. The molecule has 0 aliphatic carbocycles. The summed E-state index contributed by atoms with van der Waals surface area (Å²) in [4.78, 5) is 77.9. The summed E-state index contributed by atoms with van der Waals surface area (Å²) in [6.07, 6.45) is 4.27. The Morgan fingerprint density at radius 2 is 1.30 bits per heavy atom. The number of hydrogen-bond acceptors (Lipinski definition) is 15. The zero-order valence-corrected chi connectivity index (χ0v) is 41.6. The SMILES string of the molecule is CCOC(=O)C1=C(C)NC(C)=C(C(=O)OCC)C1c1ccccc1/C=C/C(=O)OC(C)(C)C.COC(=O)C1=C(C)NC(C)=C(C(=O)O[C@@H]2CCCN(Cc3ccccc3)C2)[C@@H]1c1cccc([N+](=O)[O-])c1. The fraction of sp³-hybridized carbons (Fsp3) is 0.389. The number of dihydropyridines is 2. The van der Waals surface area contributed by atoms with Gasteiger partial charge in [-0.15, -0.1) is 0 Å². The van der Waals surface area contributed by atoms with Gasteiger partial charge in [-0.3, -0.25) is 15.0 Å². The summed E-state index contributed by atoms with van der Waals surface area (Å²) in [7, 11) is 1.26. The number of methoxy groups -OCH3 is 1. The molecule has 1 saturated heterocycles. The van der Waals surface area contributed by atoms with Gasteiger partial charge in [0.2, 0.25) is 0 Å². The van der Waals surface area contributed by atoms with Crippen molar-refractivity contribution in [3.63, 3.8) is 0 Å². The third kappa shape index (κ3) is 13.7. The third-order valence-corrected chi connectivity index (χ3v) is 11.6. The van der Waals surface area contributed by atoms with E-state index in [-0.39, 0.29) is 36.2 Å². The number of rotatable bonds is 14. The van der Waals surface area contributed by atoms with E-state index in [4.69, 9.17) is 23.7 Å². The van der Waals surface area contributed by atoms with Crippen molar-refractivity contribution in [2.45, 2.75) is 105 Å². The molecule has 3 heterocycles. The number of allylic oxidation sites excluding steroid dienone is 4. The number of nitro groups is 1. The van der Waals surface area contributed by atoms with E-state index in [0.29, 0.717) is 57.2 Å². The molecule has 3 aliphatic rings. The molecule has 1 fully saturated rings. The summed E-state index contributed by atoms with van der Waals surface area (Å²) < 4.78 is 27.0. The fourth-order valence-electron chi connectivity index (χ4n) is 8.79. The van der Waals surface area contributed by atoms with Gasteiger partial charge in [0.25, 0.3) is 5.69 Å². The predicted octanol–water partition coefficient (Wildman–Crippen LogP) is 8.61. The van der Waals surface area contributed by atoms with Gasteiger partial charge in [-0.2, -0.15) is 0 Å². The van der Waals surface area contributed by atoms with Crippen molar-refractivity contribution >= 4 is 41.6 Å². The molecule has 0 unspecified atom stereocenters. The Hall–Kier alpha value is -7.33. The number of benzene rings is 3. The molecule has 0 bridgehead atoms. The molecule has 0 saturated carbocycles. The maximum Gasteiger partial charge on any atom is 0.337 e. The number of carbonyl (C=O) groups is 5. The summed E-state index contributed by atoms with van der Waals surface area (Å²) in [5.74, 6) is -4.31. The Bertz CT molecular complexity index is 2580. The highest BCUT2D eigenvalue weighted by Gasteiger charge is 2.41. The zero-order chi connectivity index (χ0) is 51.3. The maximum atomic E-state index is 13.7. The second-order valence-electron chi connectivity index (χ2n) is 17.9. The monoisotopic (exact) mass is 960 g/mol. The van der Waals surface area contributed by atoms with E-state index in [1.807, 2.05) is 42.5 Å². The van der Waals surface area contributed by atoms with Gasteiger partial charge < -0.3 is 34.3 Å². The van der Waals surface area contributed by atoms with Crippen molar-refractivity contribution in [3.05, 3.63) is 162 Å². The van der Waals surface area contributed by atoms with Crippen LogP contribution >= 0.6 is 0 Å². The third-order valence-electron chi connectivity index (χ3n) is 11.6. The molecule has 70 heavy (non-hydrogen) atoms. The number of likely N-dealkylation sites (tertiary alicyclic amines) is 1. The summed E-state index contributed by atoms with van der Waals surface area (Å²) in [5.41, 5.74) is 5.56. The Kier molecular flexibility index (Phi) is 18.6. The minimum atomic E-state index is -0.870. The Morgan fingerprint density at radius 1 is 0.743 bits per heavy atom. The molecule has 0 spiro atoms. The van der Waals surface area contributed by atoms with Gasteiger partial charge >= 0.3 is 29.8 Å². The van der Waals surface area contributed by atoms with Gasteiger partial charge in [0, 0.05) is 54.1 Å². The lowest BCUT2D eigenvalue weighted by Crippen LogP contribution is -2.41. The largest absolute Gasteiger partial charge is 0.466 e. The number of nitro benzene ring substituents is 1. The fourth-order valence-corrected chi connectivity index (χ4v) is 8.79. The molecule has 3 aliphatic heterocycles. The smallest absolute Gasteiger partial charge is 0.337 e. The van der Waals surface area contributed by atoms with Crippen LogP contribution in [0.3, 0.4) is 0 Å². The Balaban J connectivity index is 0.000000263. The summed E-state index contributed by atoms with van der Waals surface area (Å²) in [6, 6.07) is 23.4. The molecule has 0 aromatic heterocycles. The first-order valence-electron chi connectivity index (χ1n) is 23.3. The normalized spacial score (nSPS) is 17.7. The average molecular weight is 961 g/mol. The van der Waals surface area contributed by atoms with Crippen LogP contribution in [0.1, 0.15) is 109 Å². The van der Waals surface area contributed by atoms with Crippen LogP contribution in [0, 0.1) is 10.1 Å². The molecular formula is C54H64N4O12. The van der Waals surface area contributed by atoms with Gasteiger partial charge in [-0.05, 0) is 110 Å². The topological polar surface area (TPSA) is 202 Å². The molecule has 3 aromatic carbocycles. The van der Waals surface area contributed by atoms with Crippen LogP contribution in [-0.4, -0.2) is 84.8 Å². The lowest BCUT2D eigenvalue weighted by atomic mass is 9.78. The number of piperidine rings is 1. The van der Waals surface area contributed by atoms with Crippen molar-refractivity contribution in [2.75, 3.05) is 33.4 Å². The first-order valence-corrected chi connectivity index (χ1v) is 23.3. The summed E-state index contributed by atoms with van der Waals surface area (Å²) in [6.45, 7) is 18.5. The Labute approximate surface area is 409 Å². The molecule has 16 heteroatoms. The van der Waals surface area contributed by atoms with Crippen LogP contribution in [0.2, 0.25) is 0 Å². The number of hydrogen-bond donors (Lipinski definition) is 2. The highest BCUT2D eigenvalue weighted by Crippen LogP contribution is 2.42. The number of nitrogens with zero attached hydrogens (tertiary/aromatic N) is 2. The van der Waals surface area contributed by atoms with E-state index in [2.05, 4.69) is 27.7 Å². The number of ether oxygens (including phenoxy) is 5. The molecule has 372 valence electrons. The van der Waals surface area contributed by atoms with Crippen LogP contribution in [-0.2, 0) is 54.2 Å². The molecule has 2 N–H and O–H groups in total. The van der Waals surface area contributed by atoms with Crippen molar-refractivity contribution in [1.82, 2.24) is 15.5 Å². The molecular weight excluding hydrogens is 897 g/mol. The highest BCUT2D eigenvalue weighted by atomic mass is 16.6. The van der Waals surface area contributed by atoms with E-state index in [0.717, 1.165) is 25.9 Å². The van der Waals surface area contributed by atoms with Crippen molar-refractivity contribution in [2.24, 2.45) is 0 Å². The lowest BCUT2D eigenvalue weighted by Gasteiger charge is -2.34. The van der Waals surface area contributed by atoms with E-state index < -0.39 is 52.2 Å². The van der Waals surface area contributed by atoms with Crippen LogP contribution in [0.4, 0.5) is 5.69 Å². The number of esters is 5. The second-order valence-corrected chi connectivity index (χ2v) is 17.9. The zero-order valence-electron chi connectivity index (χ0n) is 41.6. The molecule has 0 amide bonds. The molecule has 6 rings (SSSR count). The van der Waals surface area contributed by atoms with Crippen molar-refractivity contribution in [1.29, 1.82) is 0 Å². The van der Waals surface area contributed by atoms with Crippen molar-refractivity contribution in [3.8, 4) is 0 Å². The summed E-state index contributed by atoms with van der Waals surface area (Å²) in [5, 5.41) is 17.7. The first kappa shape index (κ1) is 53.6. The Morgan fingerprint density at radius 3 is 1.86 bits per heavy atom.